The van der Waals surface area contributed by atoms with Crippen LogP contribution in [-0.2, 0) is 20.9 Å². The maximum absolute atomic E-state index is 14.0. The number of unbranched alkanes of at least 4 members (excludes halogenated alkanes) is 1. The first-order valence-electron chi connectivity index (χ1n) is 21.3. The van der Waals surface area contributed by atoms with Crippen molar-refractivity contribution in [1.29, 1.82) is 0 Å². The predicted molar refractivity (Wildman–Crippen MR) is 237 cm³/mol. The van der Waals surface area contributed by atoms with E-state index >= 15 is 0 Å². The van der Waals surface area contributed by atoms with E-state index in [1.807, 2.05) is 39.0 Å². The van der Waals surface area contributed by atoms with Crippen LogP contribution >= 0.6 is 0 Å². The van der Waals surface area contributed by atoms with Gasteiger partial charge in [-0.1, -0.05) is 35.8 Å². The summed E-state index contributed by atoms with van der Waals surface area (Å²) < 4.78 is 67.2. The summed E-state index contributed by atoms with van der Waals surface area (Å²) in [5.41, 5.74) is 14.0. The van der Waals surface area contributed by atoms with Gasteiger partial charge in [0.25, 0.3) is 0 Å². The number of aromatic nitrogens is 4. The lowest BCUT2D eigenvalue weighted by molar-refractivity contribution is -0.120. The highest BCUT2D eigenvalue weighted by Crippen LogP contribution is 2.40. The number of hydrogen-bond donors (Lipinski definition) is 2. The molecule has 5 heterocycles. The molecule has 3 aromatic heterocycles. The fourth-order valence-electron chi connectivity index (χ4n) is 8.71. The molecule has 7 aromatic rings. The number of anilines is 4. The van der Waals surface area contributed by atoms with Crippen LogP contribution < -0.4 is 20.9 Å². The second kappa shape index (κ2) is 18.1. The smallest absolute Gasteiger partial charge is 0.247 e. The van der Waals surface area contributed by atoms with Gasteiger partial charge in [-0.15, -0.1) is 0 Å². The molecule has 2 aliphatic rings. The van der Waals surface area contributed by atoms with Gasteiger partial charge in [0.2, 0.25) is 17.7 Å². The summed E-state index contributed by atoms with van der Waals surface area (Å²) >= 11 is 0. The first-order chi connectivity index (χ1) is 31.1. The average molecular weight is 891 g/mol. The summed E-state index contributed by atoms with van der Waals surface area (Å²) in [5.74, 6) is -2.83. The van der Waals surface area contributed by atoms with Crippen LogP contribution in [0.15, 0.2) is 81.8 Å². The Kier molecular flexibility index (Phi) is 12.3. The van der Waals surface area contributed by atoms with E-state index in [1.54, 1.807) is 30.0 Å². The standard InChI is InChI=1S/C26H26F2N4O2.C22H20F2N4O3/c1-4-5-12-31-22-9-6-17(25-15(2)30-34-16(25)3)13-21(22)29-26(31)23-10-11-24(33)32(23)18-7-8-19(27)20(28)14-18;1-11-21(12(2)31-27-11)13-3-6-17(25)18(9-13)26-22(30)19-7-8-20(29)28(19)14-4-5-15(23)16(24)10-14/h6-9,13-14,23H,4-5,10-12H2,1-3H3;3-6,9-10,19H,7-8,25H2,1-2H3,(H,26,30)/t23-;19-/m00/s1. The molecule has 336 valence electrons. The highest BCUT2D eigenvalue weighted by Gasteiger charge is 2.39. The monoisotopic (exact) mass is 890 g/mol. The summed E-state index contributed by atoms with van der Waals surface area (Å²) in [6.07, 6.45) is 3.20. The molecule has 0 saturated carbocycles. The topological polar surface area (TPSA) is 166 Å². The van der Waals surface area contributed by atoms with E-state index in [9.17, 15) is 31.9 Å². The molecule has 2 saturated heterocycles. The normalized spacial score (nSPS) is 16.1. The minimum absolute atomic E-state index is 0.117. The summed E-state index contributed by atoms with van der Waals surface area (Å²) in [6, 6.07) is 16.7. The molecule has 3 N–H and O–H groups in total. The lowest BCUT2D eigenvalue weighted by Crippen LogP contribution is -2.42. The molecular weight excluding hydrogens is 845 g/mol. The summed E-state index contributed by atoms with van der Waals surface area (Å²) in [7, 11) is 0. The molecule has 0 radical (unpaired) electrons. The van der Waals surface area contributed by atoms with Crippen molar-refractivity contribution in [3.8, 4) is 22.3 Å². The van der Waals surface area contributed by atoms with Crippen LogP contribution in [0.3, 0.4) is 0 Å². The molecule has 0 unspecified atom stereocenters. The van der Waals surface area contributed by atoms with Crippen LogP contribution in [0.1, 0.15) is 80.2 Å². The fraction of sp³-hybridized carbons (Fsp3) is 0.292. The molecular formula is C48H46F4N8O5. The maximum atomic E-state index is 14.0. The van der Waals surface area contributed by atoms with Gasteiger partial charge in [-0.05, 0) is 107 Å². The van der Waals surface area contributed by atoms with Gasteiger partial charge >= 0.3 is 0 Å². The Balaban J connectivity index is 0.000000178. The summed E-state index contributed by atoms with van der Waals surface area (Å²) in [5, 5.41) is 10.8. The Hall–Kier alpha value is -7.30. The van der Waals surface area contributed by atoms with Crippen molar-refractivity contribution in [2.45, 2.75) is 91.8 Å². The number of fused-ring (bicyclic) bond motifs is 1. The average Bonchev–Trinajstić information content (AvgIpc) is 4.10. The van der Waals surface area contributed by atoms with E-state index in [1.165, 1.54) is 17.0 Å². The van der Waals surface area contributed by atoms with Crippen LogP contribution in [0.25, 0.3) is 33.3 Å². The van der Waals surface area contributed by atoms with E-state index < -0.39 is 35.2 Å². The predicted octanol–water partition coefficient (Wildman–Crippen LogP) is 10.2. The fourth-order valence-corrected chi connectivity index (χ4v) is 8.71. The third-order valence-electron chi connectivity index (χ3n) is 11.9. The molecule has 65 heavy (non-hydrogen) atoms. The van der Waals surface area contributed by atoms with Crippen molar-refractivity contribution in [1.82, 2.24) is 19.9 Å². The number of hydrogen-bond acceptors (Lipinski definition) is 9. The second-order valence-electron chi connectivity index (χ2n) is 16.2. The first-order valence-corrected chi connectivity index (χ1v) is 21.3. The number of nitrogen functional groups attached to an aromatic ring is 1. The van der Waals surface area contributed by atoms with Gasteiger partial charge in [-0.2, -0.15) is 0 Å². The molecule has 17 heteroatoms. The van der Waals surface area contributed by atoms with E-state index in [0.29, 0.717) is 41.4 Å². The molecule has 0 aliphatic carbocycles. The molecule has 4 aromatic carbocycles. The van der Waals surface area contributed by atoms with Gasteiger partial charge in [0.05, 0.1) is 39.8 Å². The van der Waals surface area contributed by atoms with Gasteiger partial charge < -0.3 is 29.6 Å². The van der Waals surface area contributed by atoms with Crippen molar-refractivity contribution >= 4 is 51.5 Å². The van der Waals surface area contributed by atoms with Crippen LogP contribution in [-0.4, -0.2) is 43.6 Å². The zero-order chi connectivity index (χ0) is 46.3. The SMILES string of the molecule is CCCCn1c([C@@H]2CCC(=O)N2c2ccc(F)c(F)c2)nc2cc(-c3c(C)noc3C)ccc21.Cc1noc(C)c1-c1ccc(N)c(NC(=O)[C@@H]2CCC(=O)N2c2ccc(F)c(F)c2)c1. The maximum Gasteiger partial charge on any atom is 0.247 e. The molecule has 3 amide bonds. The number of nitrogens with zero attached hydrogens (tertiary/aromatic N) is 6. The van der Waals surface area contributed by atoms with Gasteiger partial charge in [0.1, 0.15) is 23.4 Å². The molecule has 13 nitrogen and oxygen atoms in total. The number of nitrogens with two attached hydrogens (primary N) is 1. The number of benzene rings is 4. The van der Waals surface area contributed by atoms with Crippen molar-refractivity contribution in [3.63, 3.8) is 0 Å². The van der Waals surface area contributed by atoms with Crippen LogP contribution in [0.2, 0.25) is 0 Å². The minimum Gasteiger partial charge on any atom is -0.397 e. The van der Waals surface area contributed by atoms with Crippen molar-refractivity contribution < 1.29 is 41.0 Å². The summed E-state index contributed by atoms with van der Waals surface area (Å²) in [4.78, 5) is 46.0. The lowest BCUT2D eigenvalue weighted by Gasteiger charge is -2.25. The quantitative estimate of drug-likeness (QED) is 0.100. The molecule has 9 rings (SSSR count). The Morgan fingerprint density at radius 3 is 1.89 bits per heavy atom. The number of halogens is 4. The number of aryl methyl sites for hydroxylation is 5. The van der Waals surface area contributed by atoms with E-state index in [2.05, 4.69) is 27.1 Å². The lowest BCUT2D eigenvalue weighted by atomic mass is 10.0. The Morgan fingerprint density at radius 2 is 1.31 bits per heavy atom. The first kappa shape index (κ1) is 44.3. The third kappa shape index (κ3) is 8.57. The van der Waals surface area contributed by atoms with Gasteiger partial charge in [0, 0.05) is 54.0 Å². The second-order valence-corrected chi connectivity index (χ2v) is 16.2. The van der Waals surface area contributed by atoms with Crippen LogP contribution in [0.5, 0.6) is 0 Å². The van der Waals surface area contributed by atoms with E-state index in [-0.39, 0.29) is 36.4 Å². The molecule has 2 fully saturated rings. The van der Waals surface area contributed by atoms with Crippen molar-refractivity contribution in [2.75, 3.05) is 20.9 Å². The van der Waals surface area contributed by atoms with Crippen molar-refractivity contribution in [2.24, 2.45) is 0 Å². The van der Waals surface area contributed by atoms with Gasteiger partial charge in [-0.3, -0.25) is 19.3 Å². The van der Waals surface area contributed by atoms with Crippen LogP contribution in [0.4, 0.5) is 40.3 Å². The summed E-state index contributed by atoms with van der Waals surface area (Å²) in [6.45, 7) is 10.3. The number of carbonyl (C=O) groups is 3. The zero-order valence-electron chi connectivity index (χ0n) is 36.3. The Labute approximate surface area is 371 Å². The Bertz CT molecular complexity index is 2940. The number of amides is 3. The molecule has 0 spiro atoms. The molecule has 2 atom stereocenters. The highest BCUT2D eigenvalue weighted by atomic mass is 19.2. The number of imidazole rings is 1. The van der Waals surface area contributed by atoms with E-state index in [4.69, 9.17) is 19.8 Å². The molecule has 2 aliphatic heterocycles. The van der Waals surface area contributed by atoms with Gasteiger partial charge in [0.15, 0.2) is 23.3 Å². The third-order valence-corrected chi connectivity index (χ3v) is 11.9. The van der Waals surface area contributed by atoms with E-state index in [0.717, 1.165) is 94.2 Å². The highest BCUT2D eigenvalue weighted by molar-refractivity contribution is 6.08. The van der Waals surface area contributed by atoms with Gasteiger partial charge in [-0.25, -0.2) is 22.5 Å². The largest absolute Gasteiger partial charge is 0.397 e. The number of rotatable bonds is 10. The Morgan fingerprint density at radius 1 is 0.738 bits per heavy atom. The van der Waals surface area contributed by atoms with Crippen molar-refractivity contribution in [3.05, 3.63) is 125 Å². The number of nitrogens with one attached hydrogen (secondary N) is 1. The minimum atomic E-state index is -1.09. The number of carbonyl (C=O) groups excluding carboxylic acids is 3. The zero-order valence-corrected chi connectivity index (χ0v) is 36.3. The van der Waals surface area contributed by atoms with Crippen LogP contribution in [0, 0.1) is 51.0 Å². The molecule has 0 bridgehead atoms.